The Labute approximate surface area is 179 Å². The SMILES string of the molecule is CCCCCCCCCCCCOC(=O)CCCC(=O)OCc1cc(F)ccc1F. The van der Waals surface area contributed by atoms with Crippen LogP contribution in [0, 0.1) is 11.6 Å². The molecule has 30 heavy (non-hydrogen) atoms. The van der Waals surface area contributed by atoms with Crippen LogP contribution in [0.3, 0.4) is 0 Å². The highest BCUT2D eigenvalue weighted by atomic mass is 19.1. The van der Waals surface area contributed by atoms with Crippen LogP contribution in [0.25, 0.3) is 0 Å². The van der Waals surface area contributed by atoms with E-state index in [-0.39, 0.29) is 31.0 Å². The maximum Gasteiger partial charge on any atom is 0.306 e. The van der Waals surface area contributed by atoms with Gasteiger partial charge >= 0.3 is 11.9 Å². The summed E-state index contributed by atoms with van der Waals surface area (Å²) in [6, 6.07) is 2.98. The smallest absolute Gasteiger partial charge is 0.306 e. The second-order valence-electron chi connectivity index (χ2n) is 7.65. The van der Waals surface area contributed by atoms with Crippen molar-refractivity contribution in [2.45, 2.75) is 97.0 Å². The number of unbranched alkanes of at least 4 members (excludes halogenated alkanes) is 9. The maximum atomic E-state index is 13.5. The van der Waals surface area contributed by atoms with Crippen LogP contribution in [0.1, 0.15) is 96.0 Å². The number of ether oxygens (including phenoxy) is 2. The van der Waals surface area contributed by atoms with Gasteiger partial charge in [0.25, 0.3) is 0 Å². The van der Waals surface area contributed by atoms with E-state index in [1.165, 1.54) is 51.4 Å². The number of benzene rings is 1. The van der Waals surface area contributed by atoms with Crippen LogP contribution >= 0.6 is 0 Å². The fraction of sp³-hybridized carbons (Fsp3) is 0.667. The summed E-state index contributed by atoms with van der Waals surface area (Å²) in [5.41, 5.74) is -0.0146. The number of esters is 2. The highest BCUT2D eigenvalue weighted by Crippen LogP contribution is 2.12. The molecule has 0 radical (unpaired) electrons. The molecule has 0 saturated heterocycles. The molecule has 0 bridgehead atoms. The van der Waals surface area contributed by atoms with E-state index < -0.39 is 17.6 Å². The molecule has 0 aromatic heterocycles. The number of hydrogen-bond donors (Lipinski definition) is 0. The van der Waals surface area contributed by atoms with E-state index in [4.69, 9.17) is 9.47 Å². The molecular weight excluding hydrogens is 390 g/mol. The summed E-state index contributed by atoms with van der Waals surface area (Å²) in [5.74, 6) is -2.09. The predicted molar refractivity (Wildman–Crippen MR) is 113 cm³/mol. The lowest BCUT2D eigenvalue weighted by molar-refractivity contribution is -0.146. The summed E-state index contributed by atoms with van der Waals surface area (Å²) in [5, 5.41) is 0. The highest BCUT2D eigenvalue weighted by Gasteiger charge is 2.10. The summed E-state index contributed by atoms with van der Waals surface area (Å²) >= 11 is 0. The standard InChI is InChI=1S/C24H36F2O4/c1-2-3-4-5-6-7-8-9-10-11-17-29-23(27)13-12-14-24(28)30-19-20-18-21(25)15-16-22(20)26/h15-16,18H,2-14,17,19H2,1H3. The molecule has 0 aliphatic heterocycles. The Morgan fingerprint density at radius 1 is 0.767 bits per heavy atom. The molecule has 0 unspecified atom stereocenters. The molecule has 1 rings (SSSR count). The second kappa shape index (κ2) is 16.8. The van der Waals surface area contributed by atoms with Gasteiger partial charge in [-0.2, -0.15) is 0 Å². The van der Waals surface area contributed by atoms with Crippen molar-refractivity contribution in [3.8, 4) is 0 Å². The lowest BCUT2D eigenvalue weighted by Gasteiger charge is -2.07. The quantitative estimate of drug-likeness (QED) is 0.207. The van der Waals surface area contributed by atoms with Crippen molar-refractivity contribution in [2.24, 2.45) is 0 Å². The molecule has 0 aliphatic rings. The molecule has 0 atom stereocenters. The van der Waals surface area contributed by atoms with E-state index in [0.717, 1.165) is 31.0 Å². The van der Waals surface area contributed by atoms with Crippen molar-refractivity contribution in [2.75, 3.05) is 6.61 Å². The molecule has 6 heteroatoms. The summed E-state index contributed by atoms with van der Waals surface area (Å²) in [4.78, 5) is 23.3. The van der Waals surface area contributed by atoms with Crippen LogP contribution in [0.4, 0.5) is 8.78 Å². The van der Waals surface area contributed by atoms with Crippen molar-refractivity contribution >= 4 is 11.9 Å². The molecule has 1 aromatic carbocycles. The third-order valence-electron chi connectivity index (χ3n) is 4.92. The topological polar surface area (TPSA) is 52.6 Å². The van der Waals surface area contributed by atoms with E-state index in [2.05, 4.69) is 6.92 Å². The average molecular weight is 427 g/mol. The van der Waals surface area contributed by atoms with Crippen LogP contribution in [0.2, 0.25) is 0 Å². The Hall–Kier alpha value is -1.98. The lowest BCUT2D eigenvalue weighted by Crippen LogP contribution is -2.09. The zero-order valence-electron chi connectivity index (χ0n) is 18.2. The summed E-state index contributed by atoms with van der Waals surface area (Å²) in [6.07, 6.45) is 12.7. The Balaban J connectivity index is 1.95. The minimum absolute atomic E-state index is 0.0146. The van der Waals surface area contributed by atoms with Gasteiger partial charge in [0, 0.05) is 18.4 Å². The Bertz CT molecular complexity index is 619. The molecule has 4 nitrogen and oxygen atoms in total. The van der Waals surface area contributed by atoms with E-state index >= 15 is 0 Å². The van der Waals surface area contributed by atoms with E-state index in [9.17, 15) is 18.4 Å². The number of carbonyl (C=O) groups excluding carboxylic acids is 2. The van der Waals surface area contributed by atoms with Crippen molar-refractivity contribution in [3.63, 3.8) is 0 Å². The van der Waals surface area contributed by atoms with Crippen molar-refractivity contribution in [3.05, 3.63) is 35.4 Å². The molecule has 0 amide bonds. The first-order valence-electron chi connectivity index (χ1n) is 11.3. The van der Waals surface area contributed by atoms with Gasteiger partial charge in [-0.25, -0.2) is 8.78 Å². The molecule has 0 N–H and O–H groups in total. The van der Waals surface area contributed by atoms with E-state index in [0.29, 0.717) is 13.0 Å². The Morgan fingerprint density at radius 3 is 1.97 bits per heavy atom. The van der Waals surface area contributed by atoms with Gasteiger partial charge in [-0.3, -0.25) is 9.59 Å². The predicted octanol–water partition coefficient (Wildman–Crippen LogP) is 6.64. The Morgan fingerprint density at radius 2 is 1.33 bits per heavy atom. The summed E-state index contributed by atoms with van der Waals surface area (Å²) in [7, 11) is 0. The largest absolute Gasteiger partial charge is 0.466 e. The zero-order valence-corrected chi connectivity index (χ0v) is 18.2. The van der Waals surface area contributed by atoms with Gasteiger partial charge in [0.05, 0.1) is 6.61 Å². The number of rotatable bonds is 17. The monoisotopic (exact) mass is 426 g/mol. The summed E-state index contributed by atoms with van der Waals surface area (Å²) < 4.78 is 36.6. The summed E-state index contributed by atoms with van der Waals surface area (Å²) in [6.45, 7) is 2.31. The van der Waals surface area contributed by atoms with Crippen molar-refractivity contribution in [1.29, 1.82) is 0 Å². The first-order valence-corrected chi connectivity index (χ1v) is 11.3. The van der Waals surface area contributed by atoms with Gasteiger partial charge in [0.2, 0.25) is 0 Å². The number of hydrogen-bond acceptors (Lipinski definition) is 4. The molecule has 170 valence electrons. The van der Waals surface area contributed by atoms with Gasteiger partial charge in [0.1, 0.15) is 18.2 Å². The van der Waals surface area contributed by atoms with Crippen LogP contribution in [-0.2, 0) is 25.7 Å². The van der Waals surface area contributed by atoms with Gasteiger partial charge < -0.3 is 9.47 Å². The number of carbonyl (C=O) groups is 2. The maximum absolute atomic E-state index is 13.5. The van der Waals surface area contributed by atoms with Gasteiger partial charge in [-0.1, -0.05) is 64.7 Å². The molecule has 0 heterocycles. The molecule has 1 aromatic rings. The fourth-order valence-electron chi connectivity index (χ4n) is 3.11. The number of halogens is 2. The molecule has 0 saturated carbocycles. The normalized spacial score (nSPS) is 10.8. The minimum atomic E-state index is -0.625. The second-order valence-corrected chi connectivity index (χ2v) is 7.65. The van der Waals surface area contributed by atoms with Crippen LogP contribution in [0.15, 0.2) is 18.2 Å². The van der Waals surface area contributed by atoms with Crippen molar-refractivity contribution < 1.29 is 27.8 Å². The van der Waals surface area contributed by atoms with Gasteiger partial charge in [0.15, 0.2) is 0 Å². The highest BCUT2D eigenvalue weighted by molar-refractivity contribution is 5.72. The lowest BCUT2D eigenvalue weighted by atomic mass is 10.1. The van der Waals surface area contributed by atoms with Crippen LogP contribution in [-0.4, -0.2) is 18.5 Å². The molecule has 0 fully saturated rings. The molecular formula is C24H36F2O4. The van der Waals surface area contributed by atoms with Gasteiger partial charge in [-0.15, -0.1) is 0 Å². The van der Waals surface area contributed by atoms with E-state index in [1.54, 1.807) is 0 Å². The fourth-order valence-corrected chi connectivity index (χ4v) is 3.11. The third-order valence-corrected chi connectivity index (χ3v) is 4.92. The van der Waals surface area contributed by atoms with E-state index in [1.807, 2.05) is 0 Å². The molecule has 0 spiro atoms. The minimum Gasteiger partial charge on any atom is -0.466 e. The zero-order chi connectivity index (χ0) is 22.0. The molecule has 0 aliphatic carbocycles. The van der Waals surface area contributed by atoms with Crippen LogP contribution in [0.5, 0.6) is 0 Å². The van der Waals surface area contributed by atoms with Gasteiger partial charge in [-0.05, 0) is 31.0 Å². The first-order chi connectivity index (χ1) is 14.5. The van der Waals surface area contributed by atoms with Crippen molar-refractivity contribution in [1.82, 2.24) is 0 Å². The third kappa shape index (κ3) is 13.3. The average Bonchev–Trinajstić information content (AvgIpc) is 2.72. The Kier molecular flexibility index (Phi) is 14.6. The first kappa shape index (κ1) is 26.1. The van der Waals surface area contributed by atoms with Crippen LogP contribution < -0.4 is 0 Å².